The van der Waals surface area contributed by atoms with Gasteiger partial charge >= 0.3 is 11.7 Å². The van der Waals surface area contributed by atoms with Crippen molar-refractivity contribution >= 4 is 23.6 Å². The molecule has 1 amide bonds. The Morgan fingerprint density at radius 2 is 1.96 bits per heavy atom. The third kappa shape index (κ3) is 5.19. The Hall–Kier alpha value is -2.61. The minimum Gasteiger partial charge on any atom is -0.465 e. The molecule has 0 radical (unpaired) electrons. The largest absolute Gasteiger partial charge is 0.465 e. The van der Waals surface area contributed by atoms with Crippen LogP contribution in [0.1, 0.15) is 45.7 Å². The van der Waals surface area contributed by atoms with E-state index in [0.717, 1.165) is 22.9 Å². The highest BCUT2D eigenvalue weighted by Gasteiger charge is 2.20. The molecule has 2 rings (SSSR count). The number of amides is 1. The summed E-state index contributed by atoms with van der Waals surface area (Å²) in [6.07, 6.45) is 0. The van der Waals surface area contributed by atoms with Crippen LogP contribution in [0.5, 0.6) is 0 Å². The van der Waals surface area contributed by atoms with Gasteiger partial charge in [-0.2, -0.15) is 4.98 Å². The minimum absolute atomic E-state index is 0.0229. The zero-order valence-corrected chi connectivity index (χ0v) is 16.8. The second-order valence-electron chi connectivity index (χ2n) is 6.26. The van der Waals surface area contributed by atoms with Gasteiger partial charge in [-0.3, -0.25) is 4.79 Å². The normalized spacial score (nSPS) is 11.7. The van der Waals surface area contributed by atoms with Crippen molar-refractivity contribution in [3.8, 4) is 0 Å². The van der Waals surface area contributed by atoms with E-state index in [4.69, 9.17) is 4.74 Å². The van der Waals surface area contributed by atoms with Crippen molar-refractivity contribution in [3.05, 3.63) is 56.6 Å². The maximum Gasteiger partial charge on any atom is 0.346 e. The van der Waals surface area contributed by atoms with Gasteiger partial charge in [0.15, 0.2) is 0 Å². The maximum absolute atomic E-state index is 12.3. The summed E-state index contributed by atoms with van der Waals surface area (Å²) >= 11 is 1.03. The van der Waals surface area contributed by atoms with E-state index in [2.05, 4.69) is 15.3 Å². The average Bonchev–Trinajstić information content (AvgIpc) is 2.61. The lowest BCUT2D eigenvalue weighted by atomic mass is 10.0. The topological polar surface area (TPSA) is 101 Å². The Kier molecular flexibility index (Phi) is 6.79. The first-order valence-corrected chi connectivity index (χ1v) is 9.40. The predicted molar refractivity (Wildman–Crippen MR) is 104 cm³/mol. The number of ether oxygens (including phenoxy) is 1. The van der Waals surface area contributed by atoms with Crippen LogP contribution in [0.4, 0.5) is 0 Å². The smallest absolute Gasteiger partial charge is 0.346 e. The van der Waals surface area contributed by atoms with E-state index in [9.17, 15) is 14.4 Å². The van der Waals surface area contributed by atoms with Gasteiger partial charge in [0.1, 0.15) is 10.6 Å². The fourth-order valence-corrected chi connectivity index (χ4v) is 3.42. The molecule has 27 heavy (non-hydrogen) atoms. The number of esters is 1. The van der Waals surface area contributed by atoms with Gasteiger partial charge in [0.2, 0.25) is 5.91 Å². The van der Waals surface area contributed by atoms with Crippen LogP contribution in [0.25, 0.3) is 0 Å². The fraction of sp³-hybridized carbons (Fsp3) is 0.368. The minimum atomic E-state index is -0.609. The quantitative estimate of drug-likeness (QED) is 0.447. The fourth-order valence-electron chi connectivity index (χ4n) is 2.54. The first-order valence-electron chi connectivity index (χ1n) is 8.41. The standard InChI is InChI=1S/C19H23N3O4S/c1-10-6-7-14(8-11(10)2)12(3)20-15(23)9-27-17-16(18(24)26-5)13(4)21-19(25)22-17/h6-8,12H,9H2,1-5H3,(H,20,23)(H,21,22,25)/t12-/m1/s1. The molecule has 0 saturated heterocycles. The summed E-state index contributed by atoms with van der Waals surface area (Å²) in [5.41, 5.74) is 3.31. The van der Waals surface area contributed by atoms with Gasteiger partial charge in [0, 0.05) is 5.69 Å². The van der Waals surface area contributed by atoms with Gasteiger partial charge in [-0.25, -0.2) is 9.59 Å². The molecule has 0 aliphatic heterocycles. The number of hydrogen-bond donors (Lipinski definition) is 2. The lowest BCUT2D eigenvalue weighted by Gasteiger charge is -2.16. The molecule has 144 valence electrons. The number of benzene rings is 1. The maximum atomic E-state index is 12.3. The summed E-state index contributed by atoms with van der Waals surface area (Å²) in [5, 5.41) is 3.09. The van der Waals surface area contributed by atoms with Crippen LogP contribution in [0, 0.1) is 20.8 Å². The SMILES string of the molecule is COC(=O)c1c(SCC(=O)N[C@H](C)c2ccc(C)c(C)c2)nc(=O)[nH]c1C. The number of nitrogens with zero attached hydrogens (tertiary/aromatic N) is 1. The lowest BCUT2D eigenvalue weighted by molar-refractivity contribution is -0.119. The second-order valence-corrected chi connectivity index (χ2v) is 7.22. The number of aryl methyl sites for hydroxylation is 3. The van der Waals surface area contributed by atoms with E-state index < -0.39 is 11.7 Å². The van der Waals surface area contributed by atoms with E-state index in [0.29, 0.717) is 5.69 Å². The summed E-state index contributed by atoms with van der Waals surface area (Å²) in [5.74, 6) is -0.807. The van der Waals surface area contributed by atoms with Gasteiger partial charge in [-0.1, -0.05) is 30.0 Å². The Balaban J connectivity index is 2.08. The molecular formula is C19H23N3O4S. The third-order valence-electron chi connectivity index (χ3n) is 4.22. The number of carbonyl (C=O) groups excluding carboxylic acids is 2. The van der Waals surface area contributed by atoms with Crippen molar-refractivity contribution in [1.82, 2.24) is 15.3 Å². The van der Waals surface area contributed by atoms with Crippen LogP contribution in [-0.4, -0.2) is 34.7 Å². The van der Waals surface area contributed by atoms with Crippen molar-refractivity contribution in [1.29, 1.82) is 0 Å². The Bertz CT molecular complexity index is 924. The number of methoxy groups -OCH3 is 1. The number of hydrogen-bond acceptors (Lipinski definition) is 6. The first kappa shape index (κ1) is 20.7. The van der Waals surface area contributed by atoms with E-state index in [1.165, 1.54) is 12.7 Å². The molecule has 0 aliphatic rings. The number of thioether (sulfide) groups is 1. The van der Waals surface area contributed by atoms with Crippen LogP contribution in [0.3, 0.4) is 0 Å². The molecule has 1 heterocycles. The zero-order valence-electron chi connectivity index (χ0n) is 16.0. The molecule has 0 saturated carbocycles. The molecule has 2 N–H and O–H groups in total. The van der Waals surface area contributed by atoms with Crippen LogP contribution in [0.2, 0.25) is 0 Å². The van der Waals surface area contributed by atoms with Crippen LogP contribution < -0.4 is 11.0 Å². The summed E-state index contributed by atoms with van der Waals surface area (Å²) in [6.45, 7) is 7.55. The van der Waals surface area contributed by atoms with Gasteiger partial charge in [-0.05, 0) is 44.4 Å². The molecule has 1 aromatic heterocycles. The number of rotatable bonds is 6. The number of aromatic nitrogens is 2. The van der Waals surface area contributed by atoms with E-state index in [-0.39, 0.29) is 28.3 Å². The zero-order chi connectivity index (χ0) is 20.1. The van der Waals surface area contributed by atoms with E-state index in [1.807, 2.05) is 39.0 Å². The second kappa shape index (κ2) is 8.85. The highest BCUT2D eigenvalue weighted by atomic mass is 32.2. The van der Waals surface area contributed by atoms with Crippen molar-refractivity contribution in [2.24, 2.45) is 0 Å². The molecule has 0 unspecified atom stereocenters. The molecule has 2 aromatic rings. The first-order chi connectivity index (χ1) is 12.7. The third-order valence-corrected chi connectivity index (χ3v) is 5.20. The van der Waals surface area contributed by atoms with Gasteiger partial charge < -0.3 is 15.0 Å². The molecule has 7 nitrogen and oxygen atoms in total. The number of nitrogens with one attached hydrogen (secondary N) is 2. The van der Waals surface area contributed by atoms with Gasteiger partial charge in [-0.15, -0.1) is 0 Å². The van der Waals surface area contributed by atoms with Crippen LogP contribution in [0.15, 0.2) is 28.0 Å². The molecule has 1 atom stereocenters. The Morgan fingerprint density at radius 1 is 1.26 bits per heavy atom. The number of aromatic amines is 1. The van der Waals surface area contributed by atoms with Gasteiger partial charge in [0.05, 0.1) is 18.9 Å². The van der Waals surface area contributed by atoms with E-state index >= 15 is 0 Å². The highest BCUT2D eigenvalue weighted by molar-refractivity contribution is 8.00. The van der Waals surface area contributed by atoms with Crippen molar-refractivity contribution in [2.45, 2.75) is 38.8 Å². The van der Waals surface area contributed by atoms with E-state index in [1.54, 1.807) is 6.92 Å². The molecule has 0 fully saturated rings. The molecular weight excluding hydrogens is 366 g/mol. The van der Waals surface area contributed by atoms with Crippen molar-refractivity contribution in [2.75, 3.05) is 12.9 Å². The summed E-state index contributed by atoms with van der Waals surface area (Å²) in [4.78, 5) is 42.1. The van der Waals surface area contributed by atoms with Crippen molar-refractivity contribution < 1.29 is 14.3 Å². The number of carbonyl (C=O) groups is 2. The summed E-state index contributed by atoms with van der Waals surface area (Å²) < 4.78 is 4.73. The van der Waals surface area contributed by atoms with Crippen LogP contribution >= 0.6 is 11.8 Å². The monoisotopic (exact) mass is 389 g/mol. The Labute approximate surface area is 161 Å². The summed E-state index contributed by atoms with van der Waals surface area (Å²) in [7, 11) is 1.25. The summed E-state index contributed by atoms with van der Waals surface area (Å²) in [6, 6.07) is 5.89. The van der Waals surface area contributed by atoms with Crippen molar-refractivity contribution in [3.63, 3.8) is 0 Å². The molecule has 0 aliphatic carbocycles. The van der Waals surface area contributed by atoms with Gasteiger partial charge in [0.25, 0.3) is 0 Å². The molecule has 0 bridgehead atoms. The lowest BCUT2D eigenvalue weighted by Crippen LogP contribution is -2.28. The molecule has 8 heteroatoms. The Morgan fingerprint density at radius 3 is 2.59 bits per heavy atom. The molecule has 1 aromatic carbocycles. The molecule has 0 spiro atoms. The number of H-pyrrole nitrogens is 1. The average molecular weight is 389 g/mol. The van der Waals surface area contributed by atoms with Crippen LogP contribution in [-0.2, 0) is 9.53 Å². The predicted octanol–water partition coefficient (Wildman–Crippen LogP) is 2.45. The highest BCUT2D eigenvalue weighted by Crippen LogP contribution is 2.22.